The Balaban J connectivity index is 1.72. The van der Waals surface area contributed by atoms with Crippen LogP contribution in [0.4, 0.5) is 0 Å². The van der Waals surface area contributed by atoms with Crippen LogP contribution in [0, 0.1) is 0 Å². The van der Waals surface area contributed by atoms with Gasteiger partial charge in [-0.3, -0.25) is 4.90 Å². The number of phenols is 1. The van der Waals surface area contributed by atoms with Crippen LogP contribution in [0.25, 0.3) is 0 Å². The number of ether oxygens (including phenoxy) is 1. The number of piperazine rings is 1. The number of para-hydroxylation sites is 1. The van der Waals surface area contributed by atoms with Crippen LogP contribution >= 0.6 is 0 Å². The molecule has 0 amide bonds. The molecule has 0 unspecified atom stereocenters. The van der Waals surface area contributed by atoms with Crippen LogP contribution in [0.5, 0.6) is 11.5 Å². The monoisotopic (exact) mass is 293 g/mol. The van der Waals surface area contributed by atoms with E-state index >= 15 is 0 Å². The summed E-state index contributed by atoms with van der Waals surface area (Å²) < 4.78 is 5.40. The Morgan fingerprint density at radius 3 is 2.71 bits per heavy atom. The summed E-state index contributed by atoms with van der Waals surface area (Å²) in [7, 11) is 2.17. The first-order chi connectivity index (χ1) is 10.2. The molecular weight excluding hydrogens is 266 g/mol. The molecule has 1 heterocycles. The summed E-state index contributed by atoms with van der Waals surface area (Å²) in [5.41, 5.74) is 0.888. The van der Waals surface area contributed by atoms with Gasteiger partial charge in [-0.05, 0) is 20.0 Å². The van der Waals surface area contributed by atoms with Crippen LogP contribution in [-0.4, -0.2) is 67.8 Å². The molecule has 1 aromatic carbocycles. The van der Waals surface area contributed by atoms with E-state index in [9.17, 15) is 5.11 Å². The van der Waals surface area contributed by atoms with Crippen molar-refractivity contribution >= 4 is 0 Å². The second kappa shape index (κ2) is 8.22. The van der Waals surface area contributed by atoms with Crippen molar-refractivity contribution in [3.05, 3.63) is 23.8 Å². The van der Waals surface area contributed by atoms with E-state index in [0.29, 0.717) is 18.9 Å². The standard InChI is InChI=1S/C16H27N3O2/c1-3-21-15-6-4-5-14(16(15)20)13-17-7-8-19-11-9-18(2)10-12-19/h4-6,17,20H,3,7-13H2,1-2H3. The third kappa shape index (κ3) is 4.88. The molecular formula is C16H27N3O2. The molecule has 0 aliphatic carbocycles. The molecule has 2 rings (SSSR count). The van der Waals surface area contributed by atoms with Crippen molar-refractivity contribution in [2.24, 2.45) is 0 Å². The molecule has 118 valence electrons. The fourth-order valence-electron chi connectivity index (χ4n) is 2.51. The predicted molar refractivity (Wildman–Crippen MR) is 84.9 cm³/mol. The Kier molecular flexibility index (Phi) is 6.29. The van der Waals surface area contributed by atoms with Crippen LogP contribution in [-0.2, 0) is 6.54 Å². The van der Waals surface area contributed by atoms with E-state index in [4.69, 9.17) is 4.74 Å². The summed E-state index contributed by atoms with van der Waals surface area (Å²) in [4.78, 5) is 4.84. The van der Waals surface area contributed by atoms with Gasteiger partial charge in [-0.2, -0.15) is 0 Å². The van der Waals surface area contributed by atoms with Gasteiger partial charge >= 0.3 is 0 Å². The molecule has 0 spiro atoms. The second-order valence-corrected chi connectivity index (χ2v) is 5.52. The molecule has 0 aromatic heterocycles. The Labute approximate surface area is 127 Å². The molecule has 0 radical (unpaired) electrons. The number of nitrogens with zero attached hydrogens (tertiary/aromatic N) is 2. The first kappa shape index (κ1) is 16.1. The maximum atomic E-state index is 10.1. The fourth-order valence-corrected chi connectivity index (χ4v) is 2.51. The Hall–Kier alpha value is -1.30. The lowest BCUT2D eigenvalue weighted by molar-refractivity contribution is 0.154. The molecule has 1 aromatic rings. The van der Waals surface area contributed by atoms with Crippen LogP contribution in [0.15, 0.2) is 18.2 Å². The van der Waals surface area contributed by atoms with Gasteiger partial charge in [-0.25, -0.2) is 0 Å². The fraction of sp³-hybridized carbons (Fsp3) is 0.625. The number of hydrogen-bond donors (Lipinski definition) is 2. The summed E-state index contributed by atoms with van der Waals surface area (Å²) in [5.74, 6) is 0.822. The Morgan fingerprint density at radius 2 is 2.00 bits per heavy atom. The molecule has 0 atom stereocenters. The highest BCUT2D eigenvalue weighted by Crippen LogP contribution is 2.29. The van der Waals surface area contributed by atoms with Crippen molar-refractivity contribution in [3.63, 3.8) is 0 Å². The lowest BCUT2D eigenvalue weighted by Gasteiger charge is -2.32. The molecule has 2 N–H and O–H groups in total. The highest BCUT2D eigenvalue weighted by atomic mass is 16.5. The first-order valence-corrected chi connectivity index (χ1v) is 7.76. The molecule has 0 bridgehead atoms. The van der Waals surface area contributed by atoms with Gasteiger partial charge in [0, 0.05) is 51.4 Å². The molecule has 1 aliphatic heterocycles. The quantitative estimate of drug-likeness (QED) is 0.738. The van der Waals surface area contributed by atoms with Crippen molar-refractivity contribution < 1.29 is 9.84 Å². The van der Waals surface area contributed by atoms with Crippen molar-refractivity contribution in [3.8, 4) is 11.5 Å². The minimum Gasteiger partial charge on any atom is -0.504 e. The minimum absolute atomic E-state index is 0.256. The normalized spacial score (nSPS) is 17.0. The van der Waals surface area contributed by atoms with E-state index in [1.807, 2.05) is 19.1 Å². The Bertz CT molecular complexity index is 432. The van der Waals surface area contributed by atoms with E-state index < -0.39 is 0 Å². The zero-order chi connectivity index (χ0) is 15.1. The van der Waals surface area contributed by atoms with Crippen LogP contribution in [0.2, 0.25) is 0 Å². The summed E-state index contributed by atoms with van der Waals surface area (Å²) in [5, 5.41) is 13.5. The van der Waals surface area contributed by atoms with Gasteiger partial charge in [-0.15, -0.1) is 0 Å². The molecule has 1 aliphatic rings. The summed E-state index contributed by atoms with van der Waals surface area (Å²) in [6, 6.07) is 5.65. The molecule has 21 heavy (non-hydrogen) atoms. The minimum atomic E-state index is 0.256. The summed E-state index contributed by atoms with van der Waals surface area (Å²) >= 11 is 0. The van der Waals surface area contributed by atoms with Crippen LogP contribution in [0.3, 0.4) is 0 Å². The van der Waals surface area contributed by atoms with Crippen molar-refractivity contribution in [2.75, 3.05) is 52.9 Å². The van der Waals surface area contributed by atoms with E-state index in [1.54, 1.807) is 6.07 Å². The van der Waals surface area contributed by atoms with E-state index in [2.05, 4.69) is 22.2 Å². The first-order valence-electron chi connectivity index (χ1n) is 7.76. The SMILES string of the molecule is CCOc1cccc(CNCCN2CCN(C)CC2)c1O. The molecule has 0 saturated carbocycles. The van der Waals surface area contributed by atoms with Crippen LogP contribution < -0.4 is 10.1 Å². The van der Waals surface area contributed by atoms with Crippen molar-refractivity contribution in [1.29, 1.82) is 0 Å². The van der Waals surface area contributed by atoms with Gasteiger partial charge in [0.2, 0.25) is 0 Å². The molecule has 5 heteroatoms. The molecule has 1 fully saturated rings. The van der Waals surface area contributed by atoms with Crippen molar-refractivity contribution in [1.82, 2.24) is 15.1 Å². The van der Waals surface area contributed by atoms with Gasteiger partial charge in [0.25, 0.3) is 0 Å². The van der Waals surface area contributed by atoms with E-state index in [0.717, 1.165) is 44.8 Å². The number of benzene rings is 1. The lowest BCUT2D eigenvalue weighted by Crippen LogP contribution is -2.46. The topological polar surface area (TPSA) is 48.0 Å². The largest absolute Gasteiger partial charge is 0.504 e. The van der Waals surface area contributed by atoms with E-state index in [-0.39, 0.29) is 5.75 Å². The zero-order valence-electron chi connectivity index (χ0n) is 13.1. The maximum Gasteiger partial charge on any atom is 0.162 e. The van der Waals surface area contributed by atoms with E-state index in [1.165, 1.54) is 0 Å². The average molecular weight is 293 g/mol. The third-order valence-corrected chi connectivity index (χ3v) is 3.90. The smallest absolute Gasteiger partial charge is 0.162 e. The number of nitrogens with one attached hydrogen (secondary N) is 1. The number of rotatable bonds is 7. The van der Waals surface area contributed by atoms with Crippen molar-refractivity contribution in [2.45, 2.75) is 13.5 Å². The predicted octanol–water partition coefficient (Wildman–Crippen LogP) is 1.13. The molecule has 1 saturated heterocycles. The third-order valence-electron chi connectivity index (χ3n) is 3.90. The van der Waals surface area contributed by atoms with Crippen LogP contribution in [0.1, 0.15) is 12.5 Å². The molecule has 5 nitrogen and oxygen atoms in total. The van der Waals surface area contributed by atoms with Gasteiger partial charge in [0.15, 0.2) is 11.5 Å². The number of hydrogen-bond acceptors (Lipinski definition) is 5. The number of aromatic hydroxyl groups is 1. The second-order valence-electron chi connectivity index (χ2n) is 5.52. The summed E-state index contributed by atoms with van der Waals surface area (Å²) in [6.45, 7) is 9.72. The Morgan fingerprint density at radius 1 is 1.24 bits per heavy atom. The highest BCUT2D eigenvalue weighted by molar-refractivity contribution is 5.45. The highest BCUT2D eigenvalue weighted by Gasteiger charge is 2.13. The summed E-state index contributed by atoms with van der Waals surface area (Å²) in [6.07, 6.45) is 0. The van der Waals surface area contributed by atoms with Gasteiger partial charge < -0.3 is 20.1 Å². The maximum absolute atomic E-state index is 10.1. The zero-order valence-corrected chi connectivity index (χ0v) is 13.1. The number of phenolic OH excluding ortho intramolecular Hbond substituents is 1. The van der Waals surface area contributed by atoms with Gasteiger partial charge in [0.05, 0.1) is 6.61 Å². The lowest BCUT2D eigenvalue weighted by atomic mass is 10.2. The number of likely N-dealkylation sites (N-methyl/N-ethyl adjacent to an activating group) is 1. The van der Waals surface area contributed by atoms with Gasteiger partial charge in [0.1, 0.15) is 0 Å². The van der Waals surface area contributed by atoms with Gasteiger partial charge in [-0.1, -0.05) is 12.1 Å². The average Bonchev–Trinajstić information content (AvgIpc) is 2.49.